The van der Waals surface area contributed by atoms with Crippen molar-refractivity contribution in [2.45, 2.75) is 26.2 Å². The van der Waals surface area contributed by atoms with Gasteiger partial charge in [0.2, 0.25) is 5.71 Å². The van der Waals surface area contributed by atoms with Crippen molar-refractivity contribution in [3.8, 4) is 22.8 Å². The third kappa shape index (κ3) is 2.10. The zero-order chi connectivity index (χ0) is 17.9. The van der Waals surface area contributed by atoms with Gasteiger partial charge in [-0.2, -0.15) is 0 Å². The van der Waals surface area contributed by atoms with Crippen molar-refractivity contribution in [1.29, 1.82) is 0 Å². The first-order valence-electron chi connectivity index (χ1n) is 8.28. The van der Waals surface area contributed by atoms with Crippen LogP contribution in [-0.2, 0) is 5.41 Å². The van der Waals surface area contributed by atoms with Crippen molar-refractivity contribution in [3.63, 3.8) is 0 Å². The van der Waals surface area contributed by atoms with Crippen molar-refractivity contribution in [1.82, 2.24) is 19.6 Å². The Morgan fingerprint density at radius 2 is 1.73 bits per heavy atom. The Bertz CT molecular complexity index is 1210. The molecule has 7 nitrogen and oxygen atoms in total. The number of fused-ring (bicyclic) bond motifs is 3. The lowest BCUT2D eigenvalue weighted by molar-refractivity contribution is 0.535. The van der Waals surface area contributed by atoms with E-state index >= 15 is 0 Å². The summed E-state index contributed by atoms with van der Waals surface area (Å²) in [7, 11) is 0. The molecule has 5 aromatic rings. The summed E-state index contributed by atoms with van der Waals surface area (Å²) in [5.74, 6) is 2.55. The lowest BCUT2D eigenvalue weighted by Crippen LogP contribution is -2.13. The number of hydrogen-bond acceptors (Lipinski definition) is 6. The van der Waals surface area contributed by atoms with Gasteiger partial charge in [-0.25, -0.2) is 14.5 Å². The fourth-order valence-electron chi connectivity index (χ4n) is 2.95. The maximum atomic E-state index is 6.02. The summed E-state index contributed by atoms with van der Waals surface area (Å²) in [4.78, 5) is 9.17. The minimum Gasteiger partial charge on any atom is -0.464 e. The van der Waals surface area contributed by atoms with Gasteiger partial charge < -0.3 is 13.3 Å². The minimum atomic E-state index is -0.184. The zero-order valence-electron chi connectivity index (χ0n) is 14.6. The summed E-state index contributed by atoms with van der Waals surface area (Å²) in [6.07, 6.45) is 4.84. The number of nitrogens with zero attached hydrogens (tertiary/aromatic N) is 4. The van der Waals surface area contributed by atoms with Gasteiger partial charge in [0.15, 0.2) is 23.0 Å². The third-order valence-corrected chi connectivity index (χ3v) is 4.21. The van der Waals surface area contributed by atoms with E-state index in [2.05, 4.69) is 30.9 Å². The van der Waals surface area contributed by atoms with Gasteiger partial charge in [-0.05, 0) is 24.3 Å². The third-order valence-electron chi connectivity index (χ3n) is 4.21. The molecule has 26 heavy (non-hydrogen) atoms. The standard InChI is InChI=1S/C19H16N4O3/c1-19(2,3)18-21-16-14-13(11-6-4-8-24-11)15(12-7-5-9-25-12)26-17(14)20-10-23(16)22-18/h4-10H,1-3H3. The molecule has 5 aromatic heterocycles. The van der Waals surface area contributed by atoms with Crippen LogP contribution >= 0.6 is 0 Å². The number of furan rings is 3. The van der Waals surface area contributed by atoms with Crippen molar-refractivity contribution in [2.75, 3.05) is 0 Å². The van der Waals surface area contributed by atoms with E-state index in [9.17, 15) is 0 Å². The first-order valence-corrected chi connectivity index (χ1v) is 8.28. The average Bonchev–Trinajstić information content (AvgIpc) is 3.36. The second-order valence-electron chi connectivity index (χ2n) is 7.14. The van der Waals surface area contributed by atoms with Gasteiger partial charge in [0.1, 0.15) is 12.1 Å². The molecule has 5 heterocycles. The monoisotopic (exact) mass is 348 g/mol. The highest BCUT2D eigenvalue weighted by Gasteiger charge is 2.27. The highest BCUT2D eigenvalue weighted by molar-refractivity contribution is 6.05. The topological polar surface area (TPSA) is 82.5 Å². The molecule has 0 fully saturated rings. The summed E-state index contributed by atoms with van der Waals surface area (Å²) in [5, 5.41) is 5.32. The van der Waals surface area contributed by atoms with Gasteiger partial charge in [0, 0.05) is 5.41 Å². The molecule has 0 aliphatic rings. The molecule has 7 heteroatoms. The van der Waals surface area contributed by atoms with E-state index in [-0.39, 0.29) is 5.41 Å². The average molecular weight is 348 g/mol. The van der Waals surface area contributed by atoms with Crippen molar-refractivity contribution in [2.24, 2.45) is 0 Å². The van der Waals surface area contributed by atoms with Gasteiger partial charge in [-0.1, -0.05) is 20.8 Å². The van der Waals surface area contributed by atoms with Gasteiger partial charge in [-0.3, -0.25) is 0 Å². The molecule has 0 spiro atoms. The summed E-state index contributed by atoms with van der Waals surface area (Å²) >= 11 is 0. The summed E-state index contributed by atoms with van der Waals surface area (Å²) in [6, 6.07) is 7.36. The van der Waals surface area contributed by atoms with Crippen LogP contribution in [0.15, 0.2) is 56.4 Å². The van der Waals surface area contributed by atoms with Crippen LogP contribution in [0.4, 0.5) is 0 Å². The predicted molar refractivity (Wildman–Crippen MR) is 94.7 cm³/mol. The highest BCUT2D eigenvalue weighted by Crippen LogP contribution is 2.42. The van der Waals surface area contributed by atoms with Crippen LogP contribution in [0.25, 0.3) is 39.6 Å². The molecule has 5 rings (SSSR count). The predicted octanol–water partition coefficient (Wildman–Crippen LogP) is 4.69. The fourth-order valence-corrected chi connectivity index (χ4v) is 2.95. The maximum Gasteiger partial charge on any atom is 0.232 e. The van der Waals surface area contributed by atoms with Gasteiger partial charge in [0.05, 0.1) is 23.5 Å². The van der Waals surface area contributed by atoms with E-state index in [1.54, 1.807) is 23.4 Å². The first kappa shape index (κ1) is 14.9. The molecule has 0 saturated heterocycles. The fraction of sp³-hybridized carbons (Fsp3) is 0.211. The van der Waals surface area contributed by atoms with Crippen molar-refractivity contribution >= 4 is 16.7 Å². The molecule has 0 aliphatic heterocycles. The molecule has 0 unspecified atom stereocenters. The summed E-state index contributed by atoms with van der Waals surface area (Å²) in [5.41, 5.74) is 1.71. The molecule has 0 N–H and O–H groups in total. The number of hydrogen-bond donors (Lipinski definition) is 0. The lowest BCUT2D eigenvalue weighted by atomic mass is 9.96. The smallest absolute Gasteiger partial charge is 0.232 e. The van der Waals surface area contributed by atoms with E-state index in [4.69, 9.17) is 18.2 Å². The summed E-state index contributed by atoms with van der Waals surface area (Å²) in [6.45, 7) is 6.22. The van der Waals surface area contributed by atoms with E-state index in [1.165, 1.54) is 0 Å². The number of rotatable bonds is 2. The summed E-state index contributed by atoms with van der Waals surface area (Å²) < 4.78 is 18.9. The molecular weight excluding hydrogens is 332 g/mol. The zero-order valence-corrected chi connectivity index (χ0v) is 14.6. The lowest BCUT2D eigenvalue weighted by Gasteiger charge is -2.11. The Labute approximate surface area is 148 Å². The normalized spacial score (nSPS) is 12.4. The molecular formula is C19H16N4O3. The van der Waals surface area contributed by atoms with Gasteiger partial charge in [0.25, 0.3) is 0 Å². The molecule has 0 aliphatic carbocycles. The molecule has 0 bridgehead atoms. The molecule has 0 radical (unpaired) electrons. The van der Waals surface area contributed by atoms with E-state index in [0.29, 0.717) is 28.6 Å². The van der Waals surface area contributed by atoms with E-state index in [1.807, 2.05) is 24.3 Å². The van der Waals surface area contributed by atoms with Gasteiger partial charge in [-0.15, -0.1) is 5.10 Å². The Hall–Kier alpha value is -3.35. The number of aromatic nitrogens is 4. The molecule has 130 valence electrons. The quantitative estimate of drug-likeness (QED) is 0.460. The largest absolute Gasteiger partial charge is 0.464 e. The van der Waals surface area contributed by atoms with Crippen LogP contribution in [0.1, 0.15) is 26.6 Å². The van der Waals surface area contributed by atoms with Crippen molar-refractivity contribution in [3.05, 3.63) is 48.9 Å². The van der Waals surface area contributed by atoms with Crippen LogP contribution in [0.5, 0.6) is 0 Å². The van der Waals surface area contributed by atoms with Crippen LogP contribution in [0.3, 0.4) is 0 Å². The second kappa shape index (κ2) is 5.08. The Morgan fingerprint density at radius 1 is 1.00 bits per heavy atom. The van der Waals surface area contributed by atoms with E-state index in [0.717, 1.165) is 16.8 Å². The van der Waals surface area contributed by atoms with Crippen LogP contribution in [0.2, 0.25) is 0 Å². The van der Waals surface area contributed by atoms with Crippen LogP contribution in [0, 0.1) is 0 Å². The van der Waals surface area contributed by atoms with Crippen LogP contribution < -0.4 is 0 Å². The second-order valence-corrected chi connectivity index (χ2v) is 7.14. The maximum absolute atomic E-state index is 6.02. The Kier molecular flexibility index (Phi) is 2.92. The molecule has 0 atom stereocenters. The Balaban J connectivity index is 1.92. The highest BCUT2D eigenvalue weighted by atomic mass is 16.4. The van der Waals surface area contributed by atoms with Crippen LogP contribution in [-0.4, -0.2) is 19.6 Å². The van der Waals surface area contributed by atoms with E-state index < -0.39 is 0 Å². The Morgan fingerprint density at radius 3 is 2.38 bits per heavy atom. The van der Waals surface area contributed by atoms with Gasteiger partial charge >= 0.3 is 0 Å². The minimum absolute atomic E-state index is 0.184. The first-order chi connectivity index (χ1) is 12.5. The van der Waals surface area contributed by atoms with Crippen molar-refractivity contribution < 1.29 is 13.3 Å². The molecule has 0 saturated carbocycles. The molecule has 0 amide bonds. The molecule has 0 aromatic carbocycles. The SMILES string of the molecule is CC(C)(C)c1nc2c3c(-c4ccco4)c(-c4ccco4)oc3ncn2n1.